The standard InChI is InChI=1S/C17H22N4O/c1-13-10-19-20-16(13)11-18-15-7-8-21(12-15)17(22)9-14-5-3-2-4-6-14/h2-6,10,15,18H,7-9,11-12H2,1H3,(H,19,20). The molecule has 0 bridgehead atoms. The topological polar surface area (TPSA) is 61.0 Å². The van der Waals surface area contributed by atoms with Crippen molar-refractivity contribution in [3.05, 3.63) is 53.3 Å². The first-order valence-corrected chi connectivity index (χ1v) is 7.76. The number of benzene rings is 1. The highest BCUT2D eigenvalue weighted by molar-refractivity contribution is 5.79. The first-order chi connectivity index (χ1) is 10.7. The molecular weight excluding hydrogens is 276 g/mol. The molecule has 22 heavy (non-hydrogen) atoms. The van der Waals surface area contributed by atoms with Crippen molar-refractivity contribution in [1.82, 2.24) is 20.4 Å². The predicted octanol–water partition coefficient (Wildman–Crippen LogP) is 1.65. The summed E-state index contributed by atoms with van der Waals surface area (Å²) in [4.78, 5) is 14.3. The summed E-state index contributed by atoms with van der Waals surface area (Å²) in [7, 11) is 0. The quantitative estimate of drug-likeness (QED) is 0.882. The largest absolute Gasteiger partial charge is 0.341 e. The Morgan fingerprint density at radius 2 is 2.23 bits per heavy atom. The molecule has 3 rings (SSSR count). The lowest BCUT2D eigenvalue weighted by Gasteiger charge is -2.17. The number of hydrogen-bond acceptors (Lipinski definition) is 3. The Kier molecular flexibility index (Phi) is 4.53. The van der Waals surface area contributed by atoms with Crippen LogP contribution in [0.5, 0.6) is 0 Å². The van der Waals surface area contributed by atoms with Crippen LogP contribution in [0.1, 0.15) is 23.2 Å². The van der Waals surface area contributed by atoms with Crippen molar-refractivity contribution in [2.45, 2.75) is 32.4 Å². The van der Waals surface area contributed by atoms with E-state index < -0.39 is 0 Å². The maximum Gasteiger partial charge on any atom is 0.227 e. The van der Waals surface area contributed by atoms with Gasteiger partial charge in [0, 0.05) is 25.7 Å². The molecule has 1 amide bonds. The van der Waals surface area contributed by atoms with E-state index >= 15 is 0 Å². The molecule has 0 radical (unpaired) electrons. The molecule has 1 aliphatic rings. The number of H-pyrrole nitrogens is 1. The Bertz CT molecular complexity index is 623. The molecule has 2 N–H and O–H groups in total. The van der Waals surface area contributed by atoms with Gasteiger partial charge in [-0.05, 0) is 24.5 Å². The first-order valence-electron chi connectivity index (χ1n) is 7.76. The van der Waals surface area contributed by atoms with Gasteiger partial charge in [-0.3, -0.25) is 9.89 Å². The van der Waals surface area contributed by atoms with Crippen molar-refractivity contribution >= 4 is 5.91 Å². The van der Waals surface area contributed by atoms with E-state index in [-0.39, 0.29) is 5.91 Å². The van der Waals surface area contributed by atoms with Gasteiger partial charge in [0.25, 0.3) is 0 Å². The number of aryl methyl sites for hydroxylation is 1. The minimum absolute atomic E-state index is 0.216. The van der Waals surface area contributed by atoms with Crippen LogP contribution in [0.25, 0.3) is 0 Å². The van der Waals surface area contributed by atoms with Gasteiger partial charge in [-0.1, -0.05) is 30.3 Å². The van der Waals surface area contributed by atoms with Gasteiger partial charge in [0.05, 0.1) is 18.3 Å². The maximum atomic E-state index is 12.3. The Hall–Kier alpha value is -2.14. The number of aromatic amines is 1. The highest BCUT2D eigenvalue weighted by Gasteiger charge is 2.25. The zero-order valence-electron chi connectivity index (χ0n) is 12.9. The SMILES string of the molecule is Cc1cn[nH]c1CNC1CCN(C(=O)Cc2ccccc2)C1. The van der Waals surface area contributed by atoms with E-state index in [2.05, 4.69) is 15.5 Å². The molecule has 2 aromatic rings. The van der Waals surface area contributed by atoms with Crippen LogP contribution in [0, 0.1) is 6.92 Å². The number of carbonyl (C=O) groups excluding carboxylic acids is 1. The second kappa shape index (κ2) is 6.75. The van der Waals surface area contributed by atoms with Gasteiger partial charge in [0.15, 0.2) is 0 Å². The number of likely N-dealkylation sites (tertiary alicyclic amines) is 1. The van der Waals surface area contributed by atoms with Crippen LogP contribution in [0.4, 0.5) is 0 Å². The highest BCUT2D eigenvalue weighted by Crippen LogP contribution is 2.13. The number of nitrogens with zero attached hydrogens (tertiary/aromatic N) is 2. The smallest absolute Gasteiger partial charge is 0.227 e. The summed E-state index contributed by atoms with van der Waals surface area (Å²) in [5.41, 5.74) is 3.37. The van der Waals surface area contributed by atoms with Crippen LogP contribution in [0.3, 0.4) is 0 Å². The summed E-state index contributed by atoms with van der Waals surface area (Å²) in [6.07, 6.45) is 3.34. The molecular formula is C17H22N4O. The first kappa shape index (κ1) is 14.8. The number of nitrogens with one attached hydrogen (secondary N) is 2. The molecule has 5 heteroatoms. The molecule has 0 spiro atoms. The van der Waals surface area contributed by atoms with E-state index in [4.69, 9.17) is 0 Å². The lowest BCUT2D eigenvalue weighted by Crippen LogP contribution is -2.35. The zero-order chi connectivity index (χ0) is 15.4. The van der Waals surface area contributed by atoms with Crippen molar-refractivity contribution in [1.29, 1.82) is 0 Å². The van der Waals surface area contributed by atoms with E-state index in [0.29, 0.717) is 12.5 Å². The molecule has 116 valence electrons. The molecule has 1 aliphatic heterocycles. The average molecular weight is 298 g/mol. The summed E-state index contributed by atoms with van der Waals surface area (Å²) in [6.45, 7) is 4.45. The van der Waals surface area contributed by atoms with Gasteiger partial charge in [-0.15, -0.1) is 0 Å². The van der Waals surface area contributed by atoms with E-state index in [0.717, 1.165) is 37.3 Å². The maximum absolute atomic E-state index is 12.3. The van der Waals surface area contributed by atoms with Gasteiger partial charge >= 0.3 is 0 Å². The molecule has 1 fully saturated rings. The van der Waals surface area contributed by atoms with E-state index in [9.17, 15) is 4.79 Å². The van der Waals surface area contributed by atoms with E-state index in [1.807, 2.05) is 48.4 Å². The third kappa shape index (κ3) is 3.54. The minimum Gasteiger partial charge on any atom is -0.341 e. The molecule has 1 atom stereocenters. The summed E-state index contributed by atoms with van der Waals surface area (Å²) in [5.74, 6) is 0.216. The predicted molar refractivity (Wildman–Crippen MR) is 85.3 cm³/mol. The van der Waals surface area contributed by atoms with Gasteiger partial charge in [0.1, 0.15) is 0 Å². The Labute approximate surface area is 130 Å². The highest BCUT2D eigenvalue weighted by atomic mass is 16.2. The lowest BCUT2D eigenvalue weighted by atomic mass is 10.1. The minimum atomic E-state index is 0.216. The normalized spacial score (nSPS) is 17.9. The molecule has 1 unspecified atom stereocenters. The van der Waals surface area contributed by atoms with Gasteiger partial charge in [-0.25, -0.2) is 0 Å². The van der Waals surface area contributed by atoms with E-state index in [1.165, 1.54) is 5.56 Å². The number of hydrogen-bond donors (Lipinski definition) is 2. The van der Waals surface area contributed by atoms with Crippen LogP contribution >= 0.6 is 0 Å². The molecule has 2 heterocycles. The molecule has 0 aliphatic carbocycles. The van der Waals surface area contributed by atoms with Crippen LogP contribution in [-0.2, 0) is 17.8 Å². The van der Waals surface area contributed by atoms with Gasteiger partial charge < -0.3 is 10.2 Å². The average Bonchev–Trinajstić information content (AvgIpc) is 3.15. The Morgan fingerprint density at radius 3 is 2.95 bits per heavy atom. The summed E-state index contributed by atoms with van der Waals surface area (Å²) < 4.78 is 0. The fourth-order valence-corrected chi connectivity index (χ4v) is 2.83. The zero-order valence-corrected chi connectivity index (χ0v) is 12.9. The molecule has 1 aromatic heterocycles. The third-order valence-electron chi connectivity index (χ3n) is 4.24. The van der Waals surface area contributed by atoms with Crippen molar-refractivity contribution in [2.24, 2.45) is 0 Å². The fraction of sp³-hybridized carbons (Fsp3) is 0.412. The summed E-state index contributed by atoms with van der Waals surface area (Å²) in [6, 6.07) is 10.3. The van der Waals surface area contributed by atoms with Crippen molar-refractivity contribution in [3.63, 3.8) is 0 Å². The second-order valence-electron chi connectivity index (χ2n) is 5.90. The molecule has 0 saturated carbocycles. The fourth-order valence-electron chi connectivity index (χ4n) is 2.83. The van der Waals surface area contributed by atoms with E-state index in [1.54, 1.807) is 0 Å². The van der Waals surface area contributed by atoms with Gasteiger partial charge in [0.2, 0.25) is 5.91 Å². The Balaban J connectivity index is 1.47. The summed E-state index contributed by atoms with van der Waals surface area (Å²) >= 11 is 0. The molecule has 1 saturated heterocycles. The van der Waals surface area contributed by atoms with Crippen molar-refractivity contribution < 1.29 is 4.79 Å². The van der Waals surface area contributed by atoms with Gasteiger partial charge in [-0.2, -0.15) is 5.10 Å². The lowest BCUT2D eigenvalue weighted by molar-refractivity contribution is -0.129. The number of amides is 1. The van der Waals surface area contributed by atoms with Crippen molar-refractivity contribution in [2.75, 3.05) is 13.1 Å². The number of rotatable bonds is 5. The molecule has 5 nitrogen and oxygen atoms in total. The third-order valence-corrected chi connectivity index (χ3v) is 4.24. The summed E-state index contributed by atoms with van der Waals surface area (Å²) in [5, 5.41) is 10.5. The van der Waals surface area contributed by atoms with Crippen LogP contribution in [0.15, 0.2) is 36.5 Å². The van der Waals surface area contributed by atoms with Crippen molar-refractivity contribution in [3.8, 4) is 0 Å². The number of carbonyl (C=O) groups is 1. The van der Waals surface area contributed by atoms with Crippen LogP contribution < -0.4 is 5.32 Å². The number of aromatic nitrogens is 2. The monoisotopic (exact) mass is 298 g/mol. The van der Waals surface area contributed by atoms with Crippen LogP contribution in [0.2, 0.25) is 0 Å². The second-order valence-corrected chi connectivity index (χ2v) is 5.90. The molecule has 1 aromatic carbocycles. The van der Waals surface area contributed by atoms with Crippen LogP contribution in [-0.4, -0.2) is 40.1 Å². The Morgan fingerprint density at radius 1 is 1.41 bits per heavy atom.